The fourth-order valence-corrected chi connectivity index (χ4v) is 4.27. The topological polar surface area (TPSA) is 32.7 Å². The lowest BCUT2D eigenvalue weighted by Gasteiger charge is -2.41. The maximum Gasteiger partial charge on any atom is 0.142 e. The van der Waals surface area contributed by atoms with Crippen molar-refractivity contribution in [3.8, 4) is 5.75 Å². The average Bonchev–Trinajstić information content (AvgIpc) is 2.64. The molecule has 1 aliphatic carbocycles. The predicted octanol–water partition coefficient (Wildman–Crippen LogP) is 3.70. The van der Waals surface area contributed by atoms with Gasteiger partial charge in [-0.2, -0.15) is 0 Å². The molecule has 1 N–H and O–H groups in total. The van der Waals surface area contributed by atoms with Gasteiger partial charge in [0.15, 0.2) is 0 Å². The monoisotopic (exact) mass is 303 g/mol. The highest BCUT2D eigenvalue weighted by molar-refractivity contribution is 5.45. The number of hydrogen-bond acceptors (Lipinski definition) is 3. The Morgan fingerprint density at radius 1 is 1.09 bits per heavy atom. The van der Waals surface area contributed by atoms with Crippen molar-refractivity contribution in [2.75, 3.05) is 20.6 Å². The number of nitrogens with zero attached hydrogens (tertiary/aromatic N) is 1. The second kappa shape index (κ2) is 6.21. The Labute approximate surface area is 134 Å². The Bertz CT molecular complexity index is 506. The number of benzene rings is 1. The van der Waals surface area contributed by atoms with Crippen LogP contribution in [0.3, 0.4) is 0 Å². The molecule has 3 rings (SSSR count). The van der Waals surface area contributed by atoms with Gasteiger partial charge < -0.3 is 14.7 Å². The summed E-state index contributed by atoms with van der Waals surface area (Å²) in [4.78, 5) is 2.19. The number of fused-ring (bicyclic) bond motifs is 1. The highest BCUT2D eigenvalue weighted by Gasteiger charge is 2.58. The first-order valence-electron chi connectivity index (χ1n) is 8.73. The molecule has 3 nitrogen and oxygen atoms in total. The van der Waals surface area contributed by atoms with Crippen molar-refractivity contribution in [1.29, 1.82) is 0 Å². The van der Waals surface area contributed by atoms with Crippen LogP contribution in [0.5, 0.6) is 5.75 Å². The van der Waals surface area contributed by atoms with Crippen LogP contribution in [0.2, 0.25) is 0 Å². The molecule has 0 amide bonds. The highest BCUT2D eigenvalue weighted by atomic mass is 16.5. The zero-order chi connectivity index (χ0) is 15.6. The van der Waals surface area contributed by atoms with Gasteiger partial charge in [0.05, 0.1) is 0 Å². The van der Waals surface area contributed by atoms with Gasteiger partial charge in [0.2, 0.25) is 0 Å². The molecule has 3 heteroatoms. The zero-order valence-electron chi connectivity index (χ0n) is 14.0. The standard InChI is InChI=1S/C19H29NO2/c1-20(2)15-9-14-19(21)16-10-5-6-11-17(16)22-18(19)12-7-3-4-8-13-18/h5-6,10-11,21H,3-4,7-9,12-15H2,1-2H3. The molecule has 0 aromatic heterocycles. The van der Waals surface area contributed by atoms with Gasteiger partial charge in [-0.15, -0.1) is 0 Å². The van der Waals surface area contributed by atoms with Gasteiger partial charge in [-0.25, -0.2) is 0 Å². The quantitative estimate of drug-likeness (QED) is 0.920. The van der Waals surface area contributed by atoms with E-state index in [4.69, 9.17) is 4.74 Å². The number of aliphatic hydroxyl groups is 1. The Balaban J connectivity index is 1.92. The molecule has 122 valence electrons. The summed E-state index contributed by atoms with van der Waals surface area (Å²) in [7, 11) is 4.18. The average molecular weight is 303 g/mol. The first kappa shape index (κ1) is 15.8. The van der Waals surface area contributed by atoms with Crippen LogP contribution in [0.1, 0.15) is 56.9 Å². The van der Waals surface area contributed by atoms with Crippen molar-refractivity contribution in [2.45, 2.75) is 62.6 Å². The zero-order valence-corrected chi connectivity index (χ0v) is 14.0. The van der Waals surface area contributed by atoms with Gasteiger partial charge in [-0.1, -0.05) is 31.0 Å². The van der Waals surface area contributed by atoms with Crippen LogP contribution in [-0.4, -0.2) is 36.2 Å². The van der Waals surface area contributed by atoms with Crippen molar-refractivity contribution in [2.24, 2.45) is 0 Å². The van der Waals surface area contributed by atoms with Crippen molar-refractivity contribution in [3.63, 3.8) is 0 Å². The Morgan fingerprint density at radius 3 is 2.45 bits per heavy atom. The molecule has 0 radical (unpaired) electrons. The van der Waals surface area contributed by atoms with E-state index in [1.807, 2.05) is 18.2 Å². The maximum atomic E-state index is 11.7. The molecule has 1 atom stereocenters. The lowest BCUT2D eigenvalue weighted by molar-refractivity contribution is -0.129. The molecule has 1 fully saturated rings. The Hall–Kier alpha value is -1.06. The van der Waals surface area contributed by atoms with E-state index in [1.165, 1.54) is 12.8 Å². The van der Waals surface area contributed by atoms with Crippen LogP contribution < -0.4 is 4.74 Å². The summed E-state index contributed by atoms with van der Waals surface area (Å²) in [5, 5.41) is 11.7. The van der Waals surface area contributed by atoms with E-state index < -0.39 is 11.2 Å². The van der Waals surface area contributed by atoms with Gasteiger partial charge >= 0.3 is 0 Å². The van der Waals surface area contributed by atoms with Crippen LogP contribution >= 0.6 is 0 Å². The lowest BCUT2D eigenvalue weighted by Crippen LogP contribution is -2.51. The van der Waals surface area contributed by atoms with Gasteiger partial charge in [0.25, 0.3) is 0 Å². The van der Waals surface area contributed by atoms with Crippen LogP contribution in [-0.2, 0) is 5.60 Å². The molecule has 1 heterocycles. The molecule has 1 spiro atoms. The second-order valence-electron chi connectivity index (χ2n) is 7.27. The number of rotatable bonds is 4. The minimum atomic E-state index is -0.829. The van der Waals surface area contributed by atoms with Gasteiger partial charge in [0.1, 0.15) is 17.0 Å². The van der Waals surface area contributed by atoms with E-state index in [0.717, 1.165) is 56.4 Å². The summed E-state index contributed by atoms with van der Waals surface area (Å²) in [6.45, 7) is 1.00. The normalized spacial score (nSPS) is 26.7. The van der Waals surface area contributed by atoms with E-state index in [0.29, 0.717) is 0 Å². The molecular weight excluding hydrogens is 274 g/mol. The van der Waals surface area contributed by atoms with Crippen LogP contribution in [0, 0.1) is 0 Å². The van der Waals surface area contributed by atoms with Crippen molar-refractivity contribution in [3.05, 3.63) is 29.8 Å². The highest BCUT2D eigenvalue weighted by Crippen LogP contribution is 2.55. The fraction of sp³-hybridized carbons (Fsp3) is 0.684. The van der Waals surface area contributed by atoms with Crippen LogP contribution in [0.15, 0.2) is 24.3 Å². The summed E-state index contributed by atoms with van der Waals surface area (Å²) in [5.74, 6) is 0.900. The number of hydrogen-bond donors (Lipinski definition) is 1. The smallest absolute Gasteiger partial charge is 0.142 e. The summed E-state index contributed by atoms with van der Waals surface area (Å²) in [6.07, 6.45) is 8.55. The van der Waals surface area contributed by atoms with Gasteiger partial charge in [-0.05, 0) is 65.2 Å². The third-order valence-electron chi connectivity index (χ3n) is 5.45. The molecule has 1 aromatic rings. The van der Waals surface area contributed by atoms with Crippen molar-refractivity contribution >= 4 is 0 Å². The van der Waals surface area contributed by atoms with E-state index in [2.05, 4.69) is 25.1 Å². The Morgan fingerprint density at radius 2 is 1.77 bits per heavy atom. The number of ether oxygens (including phenoxy) is 1. The maximum absolute atomic E-state index is 11.7. The molecule has 1 aliphatic heterocycles. The van der Waals surface area contributed by atoms with Crippen molar-refractivity contribution < 1.29 is 9.84 Å². The van der Waals surface area contributed by atoms with E-state index in [1.54, 1.807) is 0 Å². The molecule has 0 saturated heterocycles. The number of para-hydroxylation sites is 1. The molecule has 22 heavy (non-hydrogen) atoms. The third-order valence-corrected chi connectivity index (χ3v) is 5.45. The van der Waals surface area contributed by atoms with Crippen molar-refractivity contribution in [1.82, 2.24) is 4.90 Å². The molecule has 1 aromatic carbocycles. The molecule has 1 saturated carbocycles. The summed E-state index contributed by atoms with van der Waals surface area (Å²) in [5.41, 5.74) is -0.223. The van der Waals surface area contributed by atoms with Gasteiger partial charge in [0, 0.05) is 5.56 Å². The fourth-order valence-electron chi connectivity index (χ4n) is 4.27. The Kier molecular flexibility index (Phi) is 4.47. The molecule has 0 bridgehead atoms. The summed E-state index contributed by atoms with van der Waals surface area (Å²) >= 11 is 0. The molecular formula is C19H29NO2. The second-order valence-corrected chi connectivity index (χ2v) is 7.27. The molecule has 2 aliphatic rings. The first-order chi connectivity index (χ1) is 10.6. The predicted molar refractivity (Wildman–Crippen MR) is 89.2 cm³/mol. The largest absolute Gasteiger partial charge is 0.483 e. The minimum absolute atomic E-state index is 0.403. The summed E-state index contributed by atoms with van der Waals surface area (Å²) < 4.78 is 6.42. The SMILES string of the molecule is CN(C)CCCC1(O)c2ccccc2OC12CCCCCC2. The van der Waals surface area contributed by atoms with Crippen LogP contribution in [0.4, 0.5) is 0 Å². The first-order valence-corrected chi connectivity index (χ1v) is 8.73. The van der Waals surface area contributed by atoms with E-state index in [9.17, 15) is 5.11 Å². The van der Waals surface area contributed by atoms with E-state index >= 15 is 0 Å². The van der Waals surface area contributed by atoms with Crippen LogP contribution in [0.25, 0.3) is 0 Å². The lowest BCUT2D eigenvalue weighted by atomic mass is 9.72. The summed E-state index contributed by atoms with van der Waals surface area (Å²) in [6, 6.07) is 8.11. The third kappa shape index (κ3) is 2.65. The van der Waals surface area contributed by atoms with E-state index in [-0.39, 0.29) is 0 Å². The van der Waals surface area contributed by atoms with Gasteiger partial charge in [-0.3, -0.25) is 0 Å². The minimum Gasteiger partial charge on any atom is -0.483 e. The molecule has 1 unspecified atom stereocenters.